The van der Waals surface area contributed by atoms with Crippen LogP contribution in [0.15, 0.2) is 18.3 Å². The molecule has 3 nitrogen and oxygen atoms in total. The number of hydrogen-bond acceptors (Lipinski definition) is 3. The van der Waals surface area contributed by atoms with Crippen LogP contribution in [-0.2, 0) is 0 Å². The van der Waals surface area contributed by atoms with E-state index in [4.69, 9.17) is 0 Å². The van der Waals surface area contributed by atoms with Gasteiger partial charge in [0.15, 0.2) is 0 Å². The molecule has 3 heteroatoms. The Morgan fingerprint density at radius 2 is 2.16 bits per heavy atom. The largest absolute Gasteiger partial charge is 0.381 e. The fourth-order valence-electron chi connectivity index (χ4n) is 3.73. The van der Waals surface area contributed by atoms with Crippen molar-refractivity contribution >= 4 is 5.69 Å². The maximum atomic E-state index is 4.38. The lowest BCUT2D eigenvalue weighted by molar-refractivity contribution is 0.286. The summed E-state index contributed by atoms with van der Waals surface area (Å²) in [6.45, 7) is 3.30. The van der Waals surface area contributed by atoms with E-state index in [1.807, 2.05) is 12.3 Å². The quantitative estimate of drug-likeness (QED) is 0.875. The Labute approximate surface area is 116 Å². The van der Waals surface area contributed by atoms with Gasteiger partial charge in [-0.05, 0) is 57.2 Å². The molecule has 3 unspecified atom stereocenters. The number of pyridine rings is 1. The molecule has 2 aliphatic rings. The van der Waals surface area contributed by atoms with Crippen molar-refractivity contribution in [3.05, 3.63) is 24.0 Å². The van der Waals surface area contributed by atoms with Gasteiger partial charge < -0.3 is 10.6 Å². The third-order valence-corrected chi connectivity index (χ3v) is 4.78. The van der Waals surface area contributed by atoms with Crippen LogP contribution in [0, 0.1) is 12.8 Å². The molecule has 1 aromatic rings. The monoisotopic (exact) mass is 259 g/mol. The van der Waals surface area contributed by atoms with Gasteiger partial charge in [0.05, 0.1) is 11.4 Å². The summed E-state index contributed by atoms with van der Waals surface area (Å²) in [5, 5.41) is 7.49. The highest BCUT2D eigenvalue weighted by molar-refractivity contribution is 5.47. The van der Waals surface area contributed by atoms with Crippen LogP contribution >= 0.6 is 0 Å². The SMILES string of the molecule is Cc1ncccc1NC1CCCC1C1CCCCN1. The molecule has 0 bridgehead atoms. The fraction of sp³-hybridized carbons (Fsp3) is 0.688. The van der Waals surface area contributed by atoms with Crippen molar-refractivity contribution < 1.29 is 0 Å². The van der Waals surface area contributed by atoms with E-state index in [0.717, 1.165) is 17.7 Å². The summed E-state index contributed by atoms with van der Waals surface area (Å²) in [6, 6.07) is 5.54. The maximum Gasteiger partial charge on any atom is 0.0603 e. The smallest absolute Gasteiger partial charge is 0.0603 e. The van der Waals surface area contributed by atoms with Crippen LogP contribution in [0.2, 0.25) is 0 Å². The first kappa shape index (κ1) is 12.9. The molecule has 19 heavy (non-hydrogen) atoms. The second-order valence-electron chi connectivity index (χ2n) is 6.04. The van der Waals surface area contributed by atoms with Gasteiger partial charge in [-0.2, -0.15) is 0 Å². The Bertz CT molecular complexity index is 412. The molecule has 2 fully saturated rings. The Hall–Kier alpha value is -1.09. The van der Waals surface area contributed by atoms with Crippen LogP contribution in [0.3, 0.4) is 0 Å². The molecule has 0 amide bonds. The summed E-state index contributed by atoms with van der Waals surface area (Å²) in [5.41, 5.74) is 2.33. The second kappa shape index (κ2) is 5.91. The number of anilines is 1. The lowest BCUT2D eigenvalue weighted by Gasteiger charge is -2.33. The molecule has 0 spiro atoms. The Morgan fingerprint density at radius 1 is 1.21 bits per heavy atom. The van der Waals surface area contributed by atoms with Gasteiger partial charge in [0, 0.05) is 18.3 Å². The summed E-state index contributed by atoms with van der Waals surface area (Å²) >= 11 is 0. The van der Waals surface area contributed by atoms with Crippen molar-refractivity contribution in [1.29, 1.82) is 0 Å². The van der Waals surface area contributed by atoms with Gasteiger partial charge in [0.2, 0.25) is 0 Å². The Morgan fingerprint density at radius 3 is 2.95 bits per heavy atom. The summed E-state index contributed by atoms with van der Waals surface area (Å²) in [4.78, 5) is 4.38. The highest BCUT2D eigenvalue weighted by Gasteiger charge is 2.34. The molecule has 3 atom stereocenters. The molecule has 2 N–H and O–H groups in total. The topological polar surface area (TPSA) is 37.0 Å². The number of piperidine rings is 1. The van der Waals surface area contributed by atoms with Crippen molar-refractivity contribution in [2.75, 3.05) is 11.9 Å². The molecular weight excluding hydrogens is 234 g/mol. The summed E-state index contributed by atoms with van der Waals surface area (Å²) in [6.07, 6.45) is 10.0. The number of hydrogen-bond donors (Lipinski definition) is 2. The van der Waals surface area contributed by atoms with Crippen molar-refractivity contribution in [2.45, 2.75) is 57.5 Å². The van der Waals surface area contributed by atoms with Crippen molar-refractivity contribution in [3.63, 3.8) is 0 Å². The van der Waals surface area contributed by atoms with Crippen molar-refractivity contribution in [1.82, 2.24) is 10.3 Å². The van der Waals surface area contributed by atoms with E-state index in [0.29, 0.717) is 6.04 Å². The molecule has 2 heterocycles. The Balaban J connectivity index is 1.67. The van der Waals surface area contributed by atoms with E-state index in [1.165, 1.54) is 50.8 Å². The first-order chi connectivity index (χ1) is 9.34. The molecule has 1 saturated heterocycles. The lowest BCUT2D eigenvalue weighted by atomic mass is 9.88. The van der Waals surface area contributed by atoms with E-state index in [2.05, 4.69) is 28.6 Å². The van der Waals surface area contributed by atoms with Crippen LogP contribution in [0.5, 0.6) is 0 Å². The van der Waals surface area contributed by atoms with Crippen LogP contribution in [0.4, 0.5) is 5.69 Å². The molecule has 1 aliphatic carbocycles. The van der Waals surface area contributed by atoms with E-state index < -0.39 is 0 Å². The predicted octanol–water partition coefficient (Wildman–Crippen LogP) is 3.11. The van der Waals surface area contributed by atoms with Crippen molar-refractivity contribution in [3.8, 4) is 0 Å². The standard InChI is InChI=1S/C16H25N3/c1-12-14(9-5-11-17-12)19-16-8-4-6-13(16)15-7-2-3-10-18-15/h5,9,11,13,15-16,18-19H,2-4,6-8,10H2,1H3. The average Bonchev–Trinajstić information content (AvgIpc) is 2.91. The molecule has 1 aliphatic heterocycles. The van der Waals surface area contributed by atoms with Crippen LogP contribution in [0.1, 0.15) is 44.2 Å². The number of nitrogens with zero attached hydrogens (tertiary/aromatic N) is 1. The summed E-state index contributed by atoms with van der Waals surface area (Å²) in [5.74, 6) is 0.792. The zero-order valence-electron chi connectivity index (χ0n) is 11.9. The number of nitrogens with one attached hydrogen (secondary N) is 2. The van der Waals surface area contributed by atoms with Crippen molar-refractivity contribution in [2.24, 2.45) is 5.92 Å². The van der Waals surface area contributed by atoms with Gasteiger partial charge in [0.1, 0.15) is 0 Å². The second-order valence-corrected chi connectivity index (χ2v) is 6.04. The van der Waals surface area contributed by atoms with E-state index in [1.54, 1.807) is 0 Å². The summed E-state index contributed by atoms with van der Waals surface area (Å²) in [7, 11) is 0. The third-order valence-electron chi connectivity index (χ3n) is 4.78. The minimum atomic E-state index is 0.624. The van der Waals surface area contributed by atoms with Gasteiger partial charge in [-0.1, -0.05) is 12.8 Å². The zero-order valence-corrected chi connectivity index (χ0v) is 11.9. The van der Waals surface area contributed by atoms with E-state index in [9.17, 15) is 0 Å². The summed E-state index contributed by atoms with van der Waals surface area (Å²) < 4.78 is 0. The normalized spacial score (nSPS) is 31.3. The van der Waals surface area contributed by atoms with Gasteiger partial charge in [-0.3, -0.25) is 4.98 Å². The molecule has 1 aromatic heterocycles. The van der Waals surface area contributed by atoms with Gasteiger partial charge >= 0.3 is 0 Å². The number of rotatable bonds is 3. The van der Waals surface area contributed by atoms with Gasteiger partial charge in [0.25, 0.3) is 0 Å². The third kappa shape index (κ3) is 2.92. The predicted molar refractivity (Wildman–Crippen MR) is 79.4 cm³/mol. The lowest BCUT2D eigenvalue weighted by Crippen LogP contribution is -2.44. The minimum absolute atomic E-state index is 0.624. The number of aryl methyl sites for hydroxylation is 1. The first-order valence-electron chi connectivity index (χ1n) is 7.76. The zero-order chi connectivity index (χ0) is 13.1. The number of aromatic nitrogens is 1. The molecule has 1 saturated carbocycles. The molecule has 104 valence electrons. The highest BCUT2D eigenvalue weighted by atomic mass is 15.0. The molecule has 0 aromatic carbocycles. The van der Waals surface area contributed by atoms with Crippen LogP contribution < -0.4 is 10.6 Å². The Kier molecular flexibility index (Phi) is 4.02. The van der Waals surface area contributed by atoms with Crippen LogP contribution in [0.25, 0.3) is 0 Å². The van der Waals surface area contributed by atoms with Crippen LogP contribution in [-0.4, -0.2) is 23.6 Å². The van der Waals surface area contributed by atoms with E-state index in [-0.39, 0.29) is 0 Å². The van der Waals surface area contributed by atoms with Gasteiger partial charge in [-0.25, -0.2) is 0 Å². The fourth-order valence-corrected chi connectivity index (χ4v) is 3.73. The molecule has 0 radical (unpaired) electrons. The minimum Gasteiger partial charge on any atom is -0.381 e. The van der Waals surface area contributed by atoms with E-state index >= 15 is 0 Å². The highest BCUT2D eigenvalue weighted by Crippen LogP contribution is 2.34. The van der Waals surface area contributed by atoms with Gasteiger partial charge in [-0.15, -0.1) is 0 Å². The molecular formula is C16H25N3. The average molecular weight is 259 g/mol. The first-order valence-corrected chi connectivity index (χ1v) is 7.76. The maximum absolute atomic E-state index is 4.38. The molecule has 3 rings (SSSR count).